The van der Waals surface area contributed by atoms with Gasteiger partial charge in [-0.2, -0.15) is 0 Å². The van der Waals surface area contributed by atoms with Crippen LogP contribution in [0.2, 0.25) is 10.0 Å². The number of para-hydroxylation sites is 1. The molecule has 0 amide bonds. The van der Waals surface area contributed by atoms with E-state index in [-0.39, 0.29) is 6.10 Å². The lowest BCUT2D eigenvalue weighted by molar-refractivity contribution is -0.742. The smallest absolute Gasteiger partial charge is 0.291 e. The number of aryl methyl sites for hydroxylation is 2. The summed E-state index contributed by atoms with van der Waals surface area (Å²) in [5.41, 5.74) is 2.91. The second kappa shape index (κ2) is 10.8. The van der Waals surface area contributed by atoms with Crippen molar-refractivity contribution in [2.24, 2.45) is 0 Å². The molecule has 0 bridgehead atoms. The van der Waals surface area contributed by atoms with Crippen LogP contribution >= 0.6 is 23.2 Å². The van der Waals surface area contributed by atoms with Crippen molar-refractivity contribution in [2.75, 3.05) is 13.2 Å². The summed E-state index contributed by atoms with van der Waals surface area (Å²) in [7, 11) is 0. The summed E-state index contributed by atoms with van der Waals surface area (Å²) in [4.78, 5) is 12.5. The summed E-state index contributed by atoms with van der Waals surface area (Å²) >= 11 is 12.6. The minimum absolute atomic E-state index is 0.246. The van der Waals surface area contributed by atoms with Gasteiger partial charge in [-0.15, -0.1) is 10.1 Å². The topological polar surface area (TPSA) is 109 Å². The van der Waals surface area contributed by atoms with Crippen LogP contribution in [0.4, 0.5) is 0 Å². The molecule has 2 unspecified atom stereocenters. The van der Waals surface area contributed by atoms with Crippen molar-refractivity contribution in [3.05, 3.63) is 92.0 Å². The van der Waals surface area contributed by atoms with Crippen LogP contribution in [0.1, 0.15) is 16.7 Å². The number of hydrogen-bond acceptors (Lipinski definition) is 6. The van der Waals surface area contributed by atoms with E-state index >= 15 is 0 Å². The monoisotopic (exact) mass is 495 g/mol. The molecule has 1 aliphatic heterocycles. The molecule has 3 aromatic rings. The summed E-state index contributed by atoms with van der Waals surface area (Å²) in [6.45, 7) is 5.24. The molecule has 0 spiro atoms. The average molecular weight is 496 g/mol. The number of nitrogens with zero attached hydrogens (tertiary/aromatic N) is 3. The van der Waals surface area contributed by atoms with Gasteiger partial charge in [-0.3, -0.25) is 0 Å². The van der Waals surface area contributed by atoms with Gasteiger partial charge >= 0.3 is 0 Å². The van der Waals surface area contributed by atoms with Crippen molar-refractivity contribution in [3.63, 3.8) is 0 Å². The van der Waals surface area contributed by atoms with E-state index in [4.69, 9.17) is 52.7 Å². The summed E-state index contributed by atoms with van der Waals surface area (Å²) in [5.74, 6) is -0.162. The van der Waals surface area contributed by atoms with Crippen molar-refractivity contribution in [2.45, 2.75) is 32.3 Å². The van der Waals surface area contributed by atoms with Gasteiger partial charge in [0.05, 0.1) is 24.5 Å². The summed E-state index contributed by atoms with van der Waals surface area (Å²) in [5, 5.41) is 14.7. The van der Waals surface area contributed by atoms with Crippen LogP contribution in [-0.4, -0.2) is 39.2 Å². The fourth-order valence-corrected chi connectivity index (χ4v) is 4.13. The molecule has 1 saturated heterocycles. The second-order valence-corrected chi connectivity index (χ2v) is 8.28. The Bertz CT molecular complexity index is 1070. The lowest BCUT2D eigenvalue weighted by atomic mass is 10.1. The minimum atomic E-state index is -1.50. The third kappa shape index (κ3) is 6.35. The Labute approximate surface area is 200 Å². The van der Waals surface area contributed by atoms with Gasteiger partial charge in [-0.05, 0) is 37.1 Å². The molecule has 33 heavy (non-hydrogen) atoms. The van der Waals surface area contributed by atoms with Crippen LogP contribution in [-0.2, 0) is 21.8 Å². The van der Waals surface area contributed by atoms with E-state index in [1.807, 2.05) is 48.9 Å². The molecule has 9 nitrogen and oxygen atoms in total. The van der Waals surface area contributed by atoms with Crippen molar-refractivity contribution in [1.29, 1.82) is 0 Å². The van der Waals surface area contributed by atoms with E-state index in [9.17, 15) is 0 Å². The SMILES string of the molecule is Cc1cccc(C)c1OCC1COC(Cn2ccnc2)(c2ccc(Cl)cc2Cl)O1.O=[N+]([O-])O. The van der Waals surface area contributed by atoms with Crippen LogP contribution in [0, 0.1) is 24.0 Å². The maximum absolute atomic E-state index is 8.36. The van der Waals surface area contributed by atoms with E-state index in [0.29, 0.717) is 29.8 Å². The Morgan fingerprint density at radius 1 is 1.30 bits per heavy atom. The molecule has 2 heterocycles. The van der Waals surface area contributed by atoms with Gasteiger partial charge in [0.2, 0.25) is 5.79 Å². The summed E-state index contributed by atoms with van der Waals surface area (Å²) in [6, 6.07) is 11.4. The molecule has 1 aromatic heterocycles. The van der Waals surface area contributed by atoms with E-state index in [1.165, 1.54) is 0 Å². The van der Waals surface area contributed by atoms with Crippen LogP contribution in [0.25, 0.3) is 0 Å². The molecule has 0 radical (unpaired) electrons. The molecular weight excluding hydrogens is 473 g/mol. The van der Waals surface area contributed by atoms with Gasteiger partial charge in [0.1, 0.15) is 18.5 Å². The molecular formula is C22H23Cl2N3O6. The fraction of sp³-hybridized carbons (Fsp3) is 0.318. The number of hydrogen-bond donors (Lipinski definition) is 1. The predicted octanol–water partition coefficient (Wildman–Crippen LogP) is 4.81. The summed E-state index contributed by atoms with van der Waals surface area (Å²) < 4.78 is 20.6. The Hall–Kier alpha value is -2.85. The number of rotatable bonds is 6. The van der Waals surface area contributed by atoms with E-state index in [1.54, 1.807) is 24.7 Å². The standard InChI is InChI=1S/C22H22Cl2N2O3.HNO3/c1-15-4-3-5-16(2)21(15)27-11-18-12-28-22(29-18,13-26-9-8-25-14-26)19-7-6-17(23)10-20(19)24;2-1(3)4/h3-10,14,18H,11-13H2,1-2H3;(H,2,3,4). The molecule has 176 valence electrons. The number of ether oxygens (including phenoxy) is 3. The quantitative estimate of drug-likeness (QED) is 0.386. The van der Waals surface area contributed by atoms with Crippen molar-refractivity contribution >= 4 is 23.2 Å². The number of benzene rings is 2. The lowest BCUT2D eigenvalue weighted by Crippen LogP contribution is -2.34. The fourth-order valence-electron chi connectivity index (χ4n) is 3.58. The third-order valence-electron chi connectivity index (χ3n) is 4.97. The van der Waals surface area contributed by atoms with E-state index in [0.717, 1.165) is 22.4 Å². The van der Waals surface area contributed by atoms with E-state index in [2.05, 4.69) is 4.98 Å². The molecule has 4 rings (SSSR count). The highest BCUT2D eigenvalue weighted by Gasteiger charge is 2.45. The Morgan fingerprint density at radius 2 is 2.00 bits per heavy atom. The normalized spacial score (nSPS) is 19.6. The van der Waals surface area contributed by atoms with Crippen LogP contribution in [0.15, 0.2) is 55.1 Å². The average Bonchev–Trinajstić information content (AvgIpc) is 3.38. The second-order valence-electron chi connectivity index (χ2n) is 7.43. The lowest BCUT2D eigenvalue weighted by Gasteiger charge is -2.30. The first-order chi connectivity index (χ1) is 15.7. The number of aromatic nitrogens is 2. The van der Waals surface area contributed by atoms with Gasteiger partial charge in [-0.25, -0.2) is 4.98 Å². The maximum atomic E-state index is 8.36. The van der Waals surface area contributed by atoms with Crippen molar-refractivity contribution in [3.8, 4) is 5.75 Å². The molecule has 2 aromatic carbocycles. The molecule has 1 aliphatic rings. The molecule has 1 N–H and O–H groups in total. The van der Waals surface area contributed by atoms with Crippen molar-refractivity contribution in [1.82, 2.24) is 9.55 Å². The first kappa shape index (κ1) is 24.8. The predicted molar refractivity (Wildman–Crippen MR) is 121 cm³/mol. The van der Waals surface area contributed by atoms with Crippen LogP contribution < -0.4 is 4.74 Å². The summed E-state index contributed by atoms with van der Waals surface area (Å²) in [6.07, 6.45) is 5.05. The zero-order chi connectivity index (χ0) is 24.0. The van der Waals surface area contributed by atoms with Gasteiger partial charge in [0, 0.05) is 23.0 Å². The van der Waals surface area contributed by atoms with Gasteiger partial charge in [0.25, 0.3) is 5.09 Å². The Morgan fingerprint density at radius 3 is 2.61 bits per heavy atom. The molecule has 1 fully saturated rings. The molecule has 11 heteroatoms. The molecule has 0 aliphatic carbocycles. The highest BCUT2D eigenvalue weighted by molar-refractivity contribution is 6.35. The zero-order valence-corrected chi connectivity index (χ0v) is 19.5. The first-order valence-corrected chi connectivity index (χ1v) is 10.7. The van der Waals surface area contributed by atoms with E-state index < -0.39 is 10.9 Å². The van der Waals surface area contributed by atoms with Gasteiger partial charge < -0.3 is 24.0 Å². The molecule has 0 saturated carbocycles. The largest absolute Gasteiger partial charge is 0.490 e. The van der Waals surface area contributed by atoms with Crippen LogP contribution in [0.5, 0.6) is 5.75 Å². The van der Waals surface area contributed by atoms with Crippen LogP contribution in [0.3, 0.4) is 0 Å². The first-order valence-electron chi connectivity index (χ1n) is 9.95. The Kier molecular flexibility index (Phi) is 8.15. The van der Waals surface area contributed by atoms with Gasteiger partial charge in [-0.1, -0.05) is 47.5 Å². The Balaban J connectivity index is 0.000000709. The highest BCUT2D eigenvalue weighted by atomic mass is 35.5. The van der Waals surface area contributed by atoms with Gasteiger partial charge in [0.15, 0.2) is 0 Å². The maximum Gasteiger partial charge on any atom is 0.291 e. The molecule has 2 atom stereocenters. The highest BCUT2D eigenvalue weighted by Crippen LogP contribution is 2.40. The minimum Gasteiger partial charge on any atom is -0.490 e. The third-order valence-corrected chi connectivity index (χ3v) is 5.52. The number of imidazole rings is 1. The zero-order valence-electron chi connectivity index (χ0n) is 18.0. The number of halogens is 2. The van der Waals surface area contributed by atoms with Crippen molar-refractivity contribution < 1.29 is 24.5 Å².